The van der Waals surface area contributed by atoms with E-state index in [-0.39, 0.29) is 0 Å². The topological polar surface area (TPSA) is 29.9 Å². The zero-order valence-corrected chi connectivity index (χ0v) is 9.03. The highest BCUT2D eigenvalue weighted by Gasteiger charge is 2.26. The Balaban J connectivity index is 2.16. The summed E-state index contributed by atoms with van der Waals surface area (Å²) in [6.07, 6.45) is 7.38. The molecule has 0 bridgehead atoms. The van der Waals surface area contributed by atoms with Crippen molar-refractivity contribution in [3.63, 3.8) is 0 Å². The van der Waals surface area contributed by atoms with Gasteiger partial charge < -0.3 is 5.32 Å². The summed E-state index contributed by atoms with van der Waals surface area (Å²) < 4.78 is 1.99. The van der Waals surface area contributed by atoms with Crippen molar-refractivity contribution in [1.82, 2.24) is 15.1 Å². The van der Waals surface area contributed by atoms with Gasteiger partial charge in [0.2, 0.25) is 0 Å². The van der Waals surface area contributed by atoms with E-state index in [1.165, 1.54) is 31.4 Å². The van der Waals surface area contributed by atoms with Gasteiger partial charge in [0.15, 0.2) is 0 Å². The first-order chi connectivity index (χ1) is 6.83. The number of hydrogen-bond acceptors (Lipinski definition) is 2. The van der Waals surface area contributed by atoms with Gasteiger partial charge in [0.25, 0.3) is 0 Å². The summed E-state index contributed by atoms with van der Waals surface area (Å²) in [5.41, 5.74) is 1.32. The van der Waals surface area contributed by atoms with Crippen molar-refractivity contribution in [1.29, 1.82) is 0 Å². The predicted molar refractivity (Wildman–Crippen MR) is 57.0 cm³/mol. The molecule has 1 N–H and O–H groups in total. The van der Waals surface area contributed by atoms with Crippen LogP contribution in [0.15, 0.2) is 12.3 Å². The van der Waals surface area contributed by atoms with Crippen molar-refractivity contribution in [2.75, 3.05) is 7.05 Å². The first-order valence-corrected chi connectivity index (χ1v) is 5.48. The van der Waals surface area contributed by atoms with Crippen molar-refractivity contribution in [2.24, 2.45) is 13.0 Å². The van der Waals surface area contributed by atoms with Gasteiger partial charge in [-0.2, -0.15) is 5.10 Å². The lowest BCUT2D eigenvalue weighted by Gasteiger charge is -2.22. The molecule has 1 aromatic heterocycles. The summed E-state index contributed by atoms with van der Waals surface area (Å²) in [4.78, 5) is 0. The molecule has 0 aliphatic heterocycles. The Hall–Kier alpha value is -0.830. The number of rotatable bonds is 3. The second-order valence-electron chi connectivity index (χ2n) is 4.19. The minimum Gasteiger partial charge on any atom is -0.311 e. The zero-order chi connectivity index (χ0) is 9.97. The number of aryl methyl sites for hydroxylation is 1. The van der Waals surface area contributed by atoms with Crippen LogP contribution in [0, 0.1) is 5.92 Å². The van der Waals surface area contributed by atoms with Crippen LogP contribution >= 0.6 is 0 Å². The molecule has 0 saturated heterocycles. The van der Waals surface area contributed by atoms with Gasteiger partial charge in [-0.25, -0.2) is 0 Å². The molecule has 3 heteroatoms. The van der Waals surface area contributed by atoms with E-state index in [0.717, 1.165) is 5.92 Å². The van der Waals surface area contributed by atoms with E-state index in [0.29, 0.717) is 6.04 Å². The molecule has 2 rings (SSSR count). The largest absolute Gasteiger partial charge is 0.311 e. The highest BCUT2D eigenvalue weighted by atomic mass is 15.3. The van der Waals surface area contributed by atoms with Crippen LogP contribution < -0.4 is 5.32 Å². The first kappa shape index (κ1) is 9.71. The fourth-order valence-corrected chi connectivity index (χ4v) is 2.60. The Morgan fingerprint density at radius 1 is 1.50 bits per heavy atom. The fourth-order valence-electron chi connectivity index (χ4n) is 2.60. The molecule has 0 aromatic carbocycles. The number of nitrogens with one attached hydrogen (secondary N) is 1. The van der Waals surface area contributed by atoms with Crippen molar-refractivity contribution in [3.8, 4) is 0 Å². The SMILES string of the molecule is CNC(c1ccnn1C)C1CCCC1. The predicted octanol–water partition coefficient (Wildman–Crippen LogP) is 1.87. The summed E-state index contributed by atoms with van der Waals surface area (Å²) in [5.74, 6) is 0.801. The van der Waals surface area contributed by atoms with E-state index in [4.69, 9.17) is 0 Å². The van der Waals surface area contributed by atoms with E-state index in [9.17, 15) is 0 Å². The lowest BCUT2D eigenvalue weighted by molar-refractivity contribution is 0.371. The van der Waals surface area contributed by atoms with Crippen LogP contribution in [0.5, 0.6) is 0 Å². The van der Waals surface area contributed by atoms with Crippen molar-refractivity contribution in [3.05, 3.63) is 18.0 Å². The molecule has 1 aliphatic carbocycles. The molecule has 3 nitrogen and oxygen atoms in total. The molecule has 1 aliphatic rings. The van der Waals surface area contributed by atoms with Crippen LogP contribution in [0.3, 0.4) is 0 Å². The average molecular weight is 193 g/mol. The fraction of sp³-hybridized carbons (Fsp3) is 0.727. The monoisotopic (exact) mass is 193 g/mol. The third-order valence-electron chi connectivity index (χ3n) is 3.36. The van der Waals surface area contributed by atoms with Crippen LogP contribution in [0.25, 0.3) is 0 Å². The molecule has 1 atom stereocenters. The maximum Gasteiger partial charge on any atom is 0.0553 e. The summed E-state index contributed by atoms with van der Waals surface area (Å²) in [6, 6.07) is 2.62. The lowest BCUT2D eigenvalue weighted by atomic mass is 9.95. The van der Waals surface area contributed by atoms with Crippen molar-refractivity contribution >= 4 is 0 Å². The molecule has 14 heavy (non-hydrogen) atoms. The summed E-state index contributed by atoms with van der Waals surface area (Å²) in [6.45, 7) is 0. The Bertz CT molecular complexity index is 286. The average Bonchev–Trinajstić information content (AvgIpc) is 2.80. The van der Waals surface area contributed by atoms with E-state index in [2.05, 4.69) is 23.5 Å². The highest BCUT2D eigenvalue weighted by molar-refractivity contribution is 5.08. The quantitative estimate of drug-likeness (QED) is 0.794. The molecule has 0 spiro atoms. The minimum absolute atomic E-state index is 0.491. The van der Waals surface area contributed by atoms with E-state index < -0.39 is 0 Å². The van der Waals surface area contributed by atoms with Gasteiger partial charge >= 0.3 is 0 Å². The van der Waals surface area contributed by atoms with Gasteiger partial charge in [-0.1, -0.05) is 12.8 Å². The standard InChI is InChI=1S/C11H19N3/c1-12-11(9-5-3-4-6-9)10-7-8-13-14(10)2/h7-9,11-12H,3-6H2,1-2H3. The van der Waals surface area contributed by atoms with Crippen LogP contribution in [0.4, 0.5) is 0 Å². The maximum atomic E-state index is 4.23. The van der Waals surface area contributed by atoms with Gasteiger partial charge in [0, 0.05) is 13.2 Å². The maximum absolute atomic E-state index is 4.23. The first-order valence-electron chi connectivity index (χ1n) is 5.48. The smallest absolute Gasteiger partial charge is 0.0553 e. The zero-order valence-electron chi connectivity index (χ0n) is 9.03. The van der Waals surface area contributed by atoms with Gasteiger partial charge in [-0.05, 0) is 31.9 Å². The van der Waals surface area contributed by atoms with Crippen LogP contribution in [-0.4, -0.2) is 16.8 Å². The van der Waals surface area contributed by atoms with Crippen LogP contribution in [0.2, 0.25) is 0 Å². The minimum atomic E-state index is 0.491. The number of hydrogen-bond donors (Lipinski definition) is 1. The second-order valence-corrected chi connectivity index (χ2v) is 4.19. The Morgan fingerprint density at radius 2 is 2.21 bits per heavy atom. The van der Waals surface area contributed by atoms with Gasteiger partial charge in [0.1, 0.15) is 0 Å². The van der Waals surface area contributed by atoms with Crippen LogP contribution in [0.1, 0.15) is 37.4 Å². The van der Waals surface area contributed by atoms with E-state index in [1.54, 1.807) is 0 Å². The molecule has 0 amide bonds. The molecule has 1 unspecified atom stereocenters. The third kappa shape index (κ3) is 1.69. The second kappa shape index (κ2) is 4.13. The Morgan fingerprint density at radius 3 is 2.71 bits per heavy atom. The third-order valence-corrected chi connectivity index (χ3v) is 3.36. The van der Waals surface area contributed by atoms with Crippen molar-refractivity contribution in [2.45, 2.75) is 31.7 Å². The number of nitrogens with zero attached hydrogens (tertiary/aromatic N) is 2. The molecule has 1 fully saturated rings. The van der Waals surface area contributed by atoms with E-state index in [1.807, 2.05) is 17.9 Å². The number of aromatic nitrogens is 2. The summed E-state index contributed by atoms with van der Waals surface area (Å²) >= 11 is 0. The Labute approximate surface area is 85.5 Å². The molecule has 78 valence electrons. The molecule has 1 saturated carbocycles. The molecular formula is C11H19N3. The summed E-state index contributed by atoms with van der Waals surface area (Å²) in [5, 5.41) is 7.66. The molecule has 0 radical (unpaired) electrons. The van der Waals surface area contributed by atoms with Crippen LogP contribution in [-0.2, 0) is 7.05 Å². The lowest BCUT2D eigenvalue weighted by Crippen LogP contribution is -2.25. The van der Waals surface area contributed by atoms with Gasteiger partial charge in [0.05, 0.1) is 11.7 Å². The summed E-state index contributed by atoms with van der Waals surface area (Å²) in [7, 11) is 4.07. The van der Waals surface area contributed by atoms with Crippen molar-refractivity contribution < 1.29 is 0 Å². The van der Waals surface area contributed by atoms with Gasteiger partial charge in [-0.15, -0.1) is 0 Å². The molecule has 1 aromatic rings. The normalized spacial score (nSPS) is 20.1. The molecular weight excluding hydrogens is 174 g/mol. The van der Waals surface area contributed by atoms with E-state index >= 15 is 0 Å². The Kier molecular flexibility index (Phi) is 2.87. The molecule has 1 heterocycles. The van der Waals surface area contributed by atoms with Gasteiger partial charge in [-0.3, -0.25) is 4.68 Å². The highest BCUT2D eigenvalue weighted by Crippen LogP contribution is 2.34.